The van der Waals surface area contributed by atoms with Crippen molar-refractivity contribution in [3.63, 3.8) is 0 Å². The Morgan fingerprint density at radius 1 is 1.29 bits per heavy atom. The first kappa shape index (κ1) is 16.1. The van der Waals surface area contributed by atoms with Crippen LogP contribution in [-0.2, 0) is 4.79 Å². The molecule has 5 heteroatoms. The van der Waals surface area contributed by atoms with E-state index in [0.29, 0.717) is 12.5 Å². The van der Waals surface area contributed by atoms with Crippen molar-refractivity contribution in [1.29, 1.82) is 0 Å². The Bertz CT molecular complexity index is 408. The molecule has 0 aliphatic carbocycles. The molecule has 0 saturated carbocycles. The molecule has 2 amide bonds. The first-order chi connectivity index (χ1) is 9.81. The van der Waals surface area contributed by atoms with E-state index in [9.17, 15) is 9.59 Å². The average Bonchev–Trinajstić information content (AvgIpc) is 2.77. The molecule has 2 rings (SSSR count). The third-order valence-corrected chi connectivity index (χ3v) is 5.16. The fourth-order valence-electron chi connectivity index (χ4n) is 3.72. The van der Waals surface area contributed by atoms with Crippen LogP contribution in [0.5, 0.6) is 0 Å². The van der Waals surface area contributed by atoms with E-state index in [1.54, 1.807) is 0 Å². The lowest BCUT2D eigenvalue weighted by atomic mass is 9.85. The molecule has 120 valence electrons. The number of aliphatic carboxylic acids is 1. The minimum Gasteiger partial charge on any atom is -0.481 e. The number of rotatable bonds is 3. The van der Waals surface area contributed by atoms with E-state index in [4.69, 9.17) is 5.11 Å². The molecule has 5 nitrogen and oxygen atoms in total. The molecule has 2 aliphatic rings. The second kappa shape index (κ2) is 6.24. The zero-order valence-corrected chi connectivity index (χ0v) is 13.5. The predicted molar refractivity (Wildman–Crippen MR) is 81.1 cm³/mol. The Hall–Kier alpha value is -1.26. The second-order valence-corrected chi connectivity index (χ2v) is 7.27. The Morgan fingerprint density at radius 3 is 2.57 bits per heavy atom. The number of amides is 2. The zero-order chi connectivity index (χ0) is 15.6. The van der Waals surface area contributed by atoms with Gasteiger partial charge in [-0.25, -0.2) is 4.79 Å². The first-order valence-electron chi connectivity index (χ1n) is 8.09. The molecule has 0 radical (unpaired) electrons. The molecule has 0 aromatic carbocycles. The van der Waals surface area contributed by atoms with E-state index in [1.807, 2.05) is 16.7 Å². The van der Waals surface area contributed by atoms with E-state index < -0.39 is 5.97 Å². The van der Waals surface area contributed by atoms with Crippen LogP contribution in [0, 0.1) is 11.8 Å². The van der Waals surface area contributed by atoms with Gasteiger partial charge in [0.1, 0.15) is 0 Å². The van der Waals surface area contributed by atoms with Gasteiger partial charge in [0.05, 0.1) is 0 Å². The minimum atomic E-state index is -0.744. The Balaban J connectivity index is 1.97. The lowest BCUT2D eigenvalue weighted by Crippen LogP contribution is -2.52. The summed E-state index contributed by atoms with van der Waals surface area (Å²) in [6, 6.07) is 0.143. The standard InChI is InChI=1S/C16H28N2O3/c1-12(10-14(19)20)13-6-4-8-17(11-13)15(21)18-9-5-7-16(18,2)3/h12-13H,4-11H2,1-3H3,(H,19,20). The topological polar surface area (TPSA) is 60.9 Å². The summed E-state index contributed by atoms with van der Waals surface area (Å²) >= 11 is 0. The van der Waals surface area contributed by atoms with Gasteiger partial charge in [-0.15, -0.1) is 0 Å². The quantitative estimate of drug-likeness (QED) is 0.871. The maximum atomic E-state index is 12.7. The van der Waals surface area contributed by atoms with Crippen molar-refractivity contribution in [1.82, 2.24) is 9.80 Å². The van der Waals surface area contributed by atoms with E-state index in [2.05, 4.69) is 13.8 Å². The maximum Gasteiger partial charge on any atom is 0.320 e. The molecule has 2 heterocycles. The third-order valence-electron chi connectivity index (χ3n) is 5.16. The van der Waals surface area contributed by atoms with Crippen LogP contribution < -0.4 is 0 Å². The number of likely N-dealkylation sites (tertiary alicyclic amines) is 2. The number of urea groups is 1. The van der Waals surface area contributed by atoms with Gasteiger partial charge in [-0.2, -0.15) is 0 Å². The normalized spacial score (nSPS) is 26.7. The largest absolute Gasteiger partial charge is 0.481 e. The van der Waals surface area contributed by atoms with Gasteiger partial charge < -0.3 is 14.9 Å². The van der Waals surface area contributed by atoms with Crippen LogP contribution in [0.2, 0.25) is 0 Å². The van der Waals surface area contributed by atoms with E-state index in [0.717, 1.165) is 38.8 Å². The number of carbonyl (C=O) groups is 2. The van der Waals surface area contributed by atoms with Crippen molar-refractivity contribution < 1.29 is 14.7 Å². The molecular formula is C16H28N2O3. The summed E-state index contributed by atoms with van der Waals surface area (Å²) in [5.41, 5.74) is -0.0449. The molecule has 1 N–H and O–H groups in total. The van der Waals surface area contributed by atoms with Crippen LogP contribution in [0.1, 0.15) is 52.9 Å². The Morgan fingerprint density at radius 2 is 2.00 bits per heavy atom. The summed E-state index contributed by atoms with van der Waals surface area (Å²) in [4.78, 5) is 27.6. The number of piperidine rings is 1. The lowest BCUT2D eigenvalue weighted by molar-refractivity contribution is -0.138. The van der Waals surface area contributed by atoms with E-state index in [1.165, 1.54) is 0 Å². The highest BCUT2D eigenvalue weighted by molar-refractivity contribution is 5.75. The van der Waals surface area contributed by atoms with Crippen LogP contribution in [0.15, 0.2) is 0 Å². The fourth-order valence-corrected chi connectivity index (χ4v) is 3.72. The molecule has 0 spiro atoms. The molecule has 2 saturated heterocycles. The molecule has 21 heavy (non-hydrogen) atoms. The number of carboxylic acid groups (broad SMARTS) is 1. The van der Waals surface area contributed by atoms with Gasteiger partial charge in [0.2, 0.25) is 0 Å². The molecule has 0 bridgehead atoms. The zero-order valence-electron chi connectivity index (χ0n) is 13.5. The molecule has 2 fully saturated rings. The van der Waals surface area contributed by atoms with Crippen LogP contribution in [0.4, 0.5) is 4.79 Å². The average molecular weight is 296 g/mol. The van der Waals surface area contributed by atoms with Crippen molar-refractivity contribution in [2.45, 2.75) is 58.4 Å². The molecule has 0 aromatic rings. The highest BCUT2D eigenvalue weighted by Gasteiger charge is 2.39. The van der Waals surface area contributed by atoms with Crippen LogP contribution in [0.3, 0.4) is 0 Å². The predicted octanol–water partition coefficient (Wildman–Crippen LogP) is 2.80. The number of carbonyl (C=O) groups excluding carboxylic acids is 1. The van der Waals surface area contributed by atoms with E-state index >= 15 is 0 Å². The maximum absolute atomic E-state index is 12.7. The summed E-state index contributed by atoms with van der Waals surface area (Å²) in [5.74, 6) is -0.305. The lowest BCUT2D eigenvalue weighted by Gasteiger charge is -2.41. The van der Waals surface area contributed by atoms with Crippen molar-refractivity contribution in [2.24, 2.45) is 11.8 Å². The minimum absolute atomic E-state index is 0.0449. The summed E-state index contributed by atoms with van der Waals surface area (Å²) in [5, 5.41) is 8.94. The van der Waals surface area contributed by atoms with Crippen molar-refractivity contribution in [2.75, 3.05) is 19.6 Å². The highest BCUT2D eigenvalue weighted by Crippen LogP contribution is 2.32. The van der Waals surface area contributed by atoms with Crippen LogP contribution >= 0.6 is 0 Å². The number of nitrogens with zero attached hydrogens (tertiary/aromatic N) is 2. The summed E-state index contributed by atoms with van der Waals surface area (Å²) < 4.78 is 0. The molecule has 2 aliphatic heterocycles. The van der Waals surface area contributed by atoms with Crippen molar-refractivity contribution in [3.8, 4) is 0 Å². The van der Waals surface area contributed by atoms with Gasteiger partial charge in [-0.1, -0.05) is 6.92 Å². The van der Waals surface area contributed by atoms with Gasteiger partial charge in [0.15, 0.2) is 0 Å². The van der Waals surface area contributed by atoms with Crippen molar-refractivity contribution >= 4 is 12.0 Å². The Labute approximate surface area is 127 Å². The van der Waals surface area contributed by atoms with E-state index in [-0.39, 0.29) is 23.9 Å². The monoisotopic (exact) mass is 296 g/mol. The van der Waals surface area contributed by atoms with Gasteiger partial charge in [-0.05, 0) is 51.4 Å². The second-order valence-electron chi connectivity index (χ2n) is 7.27. The first-order valence-corrected chi connectivity index (χ1v) is 8.09. The van der Waals surface area contributed by atoms with Gasteiger partial charge in [-0.3, -0.25) is 4.79 Å². The number of carboxylic acids is 1. The smallest absolute Gasteiger partial charge is 0.320 e. The molecular weight excluding hydrogens is 268 g/mol. The van der Waals surface area contributed by atoms with Crippen LogP contribution in [0.25, 0.3) is 0 Å². The molecule has 0 aromatic heterocycles. The third kappa shape index (κ3) is 3.69. The SMILES string of the molecule is CC(CC(=O)O)C1CCCN(C(=O)N2CCCC2(C)C)C1. The molecule has 2 atom stereocenters. The fraction of sp³-hybridized carbons (Fsp3) is 0.875. The van der Waals surface area contributed by atoms with Crippen molar-refractivity contribution in [3.05, 3.63) is 0 Å². The van der Waals surface area contributed by atoms with Gasteiger partial charge >= 0.3 is 12.0 Å². The van der Waals surface area contributed by atoms with Gasteiger partial charge in [0.25, 0.3) is 0 Å². The summed E-state index contributed by atoms with van der Waals surface area (Å²) in [7, 11) is 0. The molecule has 2 unspecified atom stereocenters. The summed E-state index contributed by atoms with van der Waals surface area (Å²) in [6.45, 7) is 8.62. The summed E-state index contributed by atoms with van der Waals surface area (Å²) in [6.07, 6.45) is 4.34. The highest BCUT2D eigenvalue weighted by atomic mass is 16.4. The Kier molecular flexibility index (Phi) is 4.79. The van der Waals surface area contributed by atoms with Gasteiger partial charge in [0, 0.05) is 31.6 Å². The number of hydrogen-bond acceptors (Lipinski definition) is 2. The van der Waals surface area contributed by atoms with Crippen LogP contribution in [-0.4, -0.2) is 52.1 Å². The number of hydrogen-bond donors (Lipinski definition) is 1.